The van der Waals surface area contributed by atoms with E-state index in [9.17, 15) is 0 Å². The largest absolute Gasteiger partial charge is 0.497 e. The second-order valence-corrected chi connectivity index (χ2v) is 8.18. The van der Waals surface area contributed by atoms with Gasteiger partial charge in [-0.1, -0.05) is 24.3 Å². The number of anilines is 1. The van der Waals surface area contributed by atoms with Gasteiger partial charge in [-0.3, -0.25) is 10.8 Å². The summed E-state index contributed by atoms with van der Waals surface area (Å²) in [6.45, 7) is 3.27. The first-order chi connectivity index (χ1) is 15.6. The van der Waals surface area contributed by atoms with Crippen LogP contribution in [0.4, 0.5) is 5.69 Å². The van der Waals surface area contributed by atoms with E-state index in [2.05, 4.69) is 27.1 Å². The Kier molecular flexibility index (Phi) is 5.22. The van der Waals surface area contributed by atoms with Crippen LogP contribution in [0.1, 0.15) is 18.4 Å². The summed E-state index contributed by atoms with van der Waals surface area (Å²) in [5, 5.41) is 21.6. The van der Waals surface area contributed by atoms with Gasteiger partial charge >= 0.3 is 0 Å². The summed E-state index contributed by atoms with van der Waals surface area (Å²) in [6, 6.07) is 15.9. The second kappa shape index (κ2) is 8.20. The zero-order chi connectivity index (χ0) is 22.1. The van der Waals surface area contributed by atoms with Crippen molar-refractivity contribution in [3.05, 3.63) is 65.9 Å². The number of nitrogens with one attached hydrogen (secondary N) is 2. The average molecular weight is 431 g/mol. The number of ether oxygens (including phenoxy) is 2. The Morgan fingerprint density at radius 3 is 2.31 bits per heavy atom. The van der Waals surface area contributed by atoms with Crippen molar-refractivity contribution in [2.24, 2.45) is 0 Å². The van der Waals surface area contributed by atoms with Crippen LogP contribution in [0, 0.1) is 10.8 Å². The number of benzene rings is 2. The Morgan fingerprint density at radius 1 is 1.03 bits per heavy atom. The molecular weight excluding hydrogens is 404 g/mol. The van der Waals surface area contributed by atoms with Gasteiger partial charge in [0.1, 0.15) is 11.6 Å². The van der Waals surface area contributed by atoms with Gasteiger partial charge < -0.3 is 14.4 Å². The molecule has 0 bridgehead atoms. The lowest BCUT2D eigenvalue weighted by atomic mass is 9.94. The van der Waals surface area contributed by atoms with Gasteiger partial charge in [-0.15, -0.1) is 0 Å². The van der Waals surface area contributed by atoms with E-state index in [1.165, 1.54) is 4.68 Å². The molecule has 0 unspecified atom stereocenters. The number of rotatable bonds is 5. The molecule has 5 rings (SSSR count). The summed E-state index contributed by atoms with van der Waals surface area (Å²) in [7, 11) is 1.64. The van der Waals surface area contributed by atoms with E-state index in [1.54, 1.807) is 13.3 Å². The molecule has 1 aliphatic heterocycles. The highest BCUT2D eigenvalue weighted by atomic mass is 16.5. The van der Waals surface area contributed by atoms with Crippen LogP contribution in [-0.2, 0) is 10.2 Å². The lowest BCUT2D eigenvalue weighted by Gasteiger charge is -2.28. The van der Waals surface area contributed by atoms with Gasteiger partial charge in [-0.05, 0) is 42.7 Å². The summed E-state index contributed by atoms with van der Waals surface area (Å²) >= 11 is 0. The standard InChI is InChI=1S/C24H26N6O2/c1-31-20-8-4-18(5-9-20)24(10-11-24)22(25)30-23(26)28-21(16-27-30)17-2-6-19(7-3-17)29-12-14-32-15-13-29/h2-9,16,25-26H,10-15H2,1H3. The molecule has 8 nitrogen and oxygen atoms in total. The van der Waals surface area contributed by atoms with Gasteiger partial charge in [0.2, 0.25) is 5.62 Å². The first-order valence-corrected chi connectivity index (χ1v) is 10.8. The molecule has 2 N–H and O–H groups in total. The molecule has 1 aliphatic carbocycles. The van der Waals surface area contributed by atoms with Crippen LogP contribution >= 0.6 is 0 Å². The van der Waals surface area contributed by atoms with Crippen LogP contribution in [-0.4, -0.2) is 54.0 Å². The molecular formula is C24H26N6O2. The van der Waals surface area contributed by atoms with Crippen LogP contribution in [0.3, 0.4) is 0 Å². The quantitative estimate of drug-likeness (QED) is 0.479. The maximum absolute atomic E-state index is 8.78. The second-order valence-electron chi connectivity index (χ2n) is 8.18. The molecule has 2 heterocycles. The van der Waals surface area contributed by atoms with Crippen LogP contribution in [0.25, 0.3) is 11.3 Å². The lowest BCUT2D eigenvalue weighted by Crippen LogP contribution is -2.38. The van der Waals surface area contributed by atoms with Crippen molar-refractivity contribution in [3.8, 4) is 17.0 Å². The maximum Gasteiger partial charge on any atom is 0.245 e. The summed E-state index contributed by atoms with van der Waals surface area (Å²) in [5.41, 5.74) is 3.27. The molecule has 1 saturated heterocycles. The number of hydrogen-bond donors (Lipinski definition) is 2. The topological polar surface area (TPSA) is 100 Å². The Hall–Kier alpha value is -3.52. The van der Waals surface area contributed by atoms with Gasteiger partial charge in [0, 0.05) is 24.3 Å². The molecule has 3 aromatic rings. The Bertz CT molecular complexity index is 1180. The Labute approximate surface area is 186 Å². The molecule has 0 spiro atoms. The van der Waals surface area contributed by atoms with E-state index in [0.29, 0.717) is 5.69 Å². The molecule has 8 heteroatoms. The maximum atomic E-state index is 8.78. The third kappa shape index (κ3) is 3.67. The van der Waals surface area contributed by atoms with E-state index < -0.39 is 5.41 Å². The third-order valence-electron chi connectivity index (χ3n) is 6.32. The predicted molar refractivity (Wildman–Crippen MR) is 121 cm³/mol. The normalized spacial score (nSPS) is 17.1. The Balaban J connectivity index is 1.37. The van der Waals surface area contributed by atoms with Gasteiger partial charge in [-0.2, -0.15) is 9.78 Å². The zero-order valence-corrected chi connectivity index (χ0v) is 18.0. The minimum atomic E-state index is -0.414. The fourth-order valence-corrected chi connectivity index (χ4v) is 4.22. The van der Waals surface area contributed by atoms with Gasteiger partial charge in [0.25, 0.3) is 0 Å². The van der Waals surface area contributed by atoms with E-state index in [0.717, 1.165) is 61.7 Å². The smallest absolute Gasteiger partial charge is 0.245 e. The third-order valence-corrected chi connectivity index (χ3v) is 6.32. The van der Waals surface area contributed by atoms with Crippen molar-refractivity contribution in [3.63, 3.8) is 0 Å². The molecule has 0 radical (unpaired) electrons. The summed E-state index contributed by atoms with van der Waals surface area (Å²) in [5.74, 6) is 1.07. The van der Waals surface area contributed by atoms with Crippen molar-refractivity contribution in [2.75, 3.05) is 38.3 Å². The summed E-state index contributed by atoms with van der Waals surface area (Å²) < 4.78 is 12.0. The first-order valence-electron chi connectivity index (χ1n) is 10.8. The zero-order valence-electron chi connectivity index (χ0n) is 18.0. The van der Waals surface area contributed by atoms with Gasteiger partial charge in [0.15, 0.2) is 0 Å². The fraction of sp³-hybridized carbons (Fsp3) is 0.333. The lowest BCUT2D eigenvalue weighted by molar-refractivity contribution is 0.122. The van der Waals surface area contributed by atoms with E-state index in [1.807, 2.05) is 36.4 Å². The minimum Gasteiger partial charge on any atom is -0.497 e. The highest BCUT2D eigenvalue weighted by molar-refractivity contribution is 5.94. The number of methoxy groups -OCH3 is 1. The van der Waals surface area contributed by atoms with E-state index in [4.69, 9.17) is 20.3 Å². The molecule has 2 aromatic carbocycles. The van der Waals surface area contributed by atoms with E-state index >= 15 is 0 Å². The number of morpholine rings is 1. The molecule has 0 amide bonds. The van der Waals surface area contributed by atoms with Gasteiger partial charge in [-0.25, -0.2) is 4.98 Å². The summed E-state index contributed by atoms with van der Waals surface area (Å²) in [4.78, 5) is 6.74. The predicted octanol–water partition coefficient (Wildman–Crippen LogP) is 2.83. The molecule has 0 atom stereocenters. The monoisotopic (exact) mass is 430 g/mol. The number of nitrogens with zero attached hydrogens (tertiary/aromatic N) is 4. The number of aromatic nitrogens is 3. The van der Waals surface area contributed by atoms with Crippen LogP contribution < -0.4 is 15.3 Å². The van der Waals surface area contributed by atoms with Crippen molar-refractivity contribution in [1.82, 2.24) is 14.8 Å². The molecule has 164 valence electrons. The van der Waals surface area contributed by atoms with Crippen molar-refractivity contribution < 1.29 is 9.47 Å². The molecule has 32 heavy (non-hydrogen) atoms. The molecule has 1 aromatic heterocycles. The van der Waals surface area contributed by atoms with E-state index in [-0.39, 0.29) is 11.5 Å². The van der Waals surface area contributed by atoms with Crippen molar-refractivity contribution in [1.29, 1.82) is 10.8 Å². The first kappa shape index (κ1) is 20.4. The Morgan fingerprint density at radius 2 is 1.72 bits per heavy atom. The molecule has 2 aliphatic rings. The summed E-state index contributed by atoms with van der Waals surface area (Å²) in [6.07, 6.45) is 3.36. The molecule has 2 fully saturated rings. The molecule has 1 saturated carbocycles. The van der Waals surface area contributed by atoms with Crippen molar-refractivity contribution >= 4 is 11.5 Å². The highest BCUT2D eigenvalue weighted by Gasteiger charge is 2.50. The SMILES string of the molecule is COc1ccc(C2(C(=N)n3ncc(-c4ccc(N5CCOCC5)cc4)nc3=N)CC2)cc1. The van der Waals surface area contributed by atoms with Crippen LogP contribution in [0.2, 0.25) is 0 Å². The van der Waals surface area contributed by atoms with Crippen molar-refractivity contribution in [2.45, 2.75) is 18.3 Å². The average Bonchev–Trinajstić information content (AvgIpc) is 3.66. The number of hydrogen-bond acceptors (Lipinski definition) is 7. The minimum absolute atomic E-state index is 0.0375. The van der Waals surface area contributed by atoms with Crippen LogP contribution in [0.5, 0.6) is 5.75 Å². The fourth-order valence-electron chi connectivity index (χ4n) is 4.22. The van der Waals surface area contributed by atoms with Crippen LogP contribution in [0.15, 0.2) is 54.7 Å². The van der Waals surface area contributed by atoms with Gasteiger partial charge in [0.05, 0.1) is 37.6 Å². The highest BCUT2D eigenvalue weighted by Crippen LogP contribution is 2.49.